The van der Waals surface area contributed by atoms with Gasteiger partial charge >= 0.3 is 0 Å². The summed E-state index contributed by atoms with van der Waals surface area (Å²) in [7, 11) is 0. The lowest BCUT2D eigenvalue weighted by atomic mass is 9.96. The highest BCUT2D eigenvalue weighted by Crippen LogP contribution is 2.44. The molecule has 0 saturated heterocycles. The van der Waals surface area contributed by atoms with Crippen molar-refractivity contribution in [3.8, 4) is 34.1 Å². The zero-order valence-electron chi connectivity index (χ0n) is 11.1. The molecule has 0 spiro atoms. The molecule has 0 amide bonds. The van der Waals surface area contributed by atoms with Gasteiger partial charge in [-0.05, 0) is 23.3 Å². The molecule has 3 N–H and O–H groups in total. The van der Waals surface area contributed by atoms with Crippen molar-refractivity contribution < 1.29 is 5.11 Å². The van der Waals surface area contributed by atoms with Gasteiger partial charge in [0.1, 0.15) is 16.7 Å². The van der Waals surface area contributed by atoms with E-state index in [1.54, 1.807) is 24.3 Å². The Bertz CT molecular complexity index is 814. The minimum absolute atomic E-state index is 0.196. The molecule has 3 nitrogen and oxygen atoms in total. The summed E-state index contributed by atoms with van der Waals surface area (Å²) < 4.78 is 0. The molecule has 4 heteroatoms. The van der Waals surface area contributed by atoms with Crippen LogP contribution in [0.3, 0.4) is 0 Å². The molecule has 0 aliphatic carbocycles. The number of rotatable bonds is 2. The molecule has 1 heterocycles. The average molecular weight is 292 g/mol. The van der Waals surface area contributed by atoms with Crippen LogP contribution >= 0.6 is 11.3 Å². The van der Waals surface area contributed by atoms with Crippen LogP contribution in [-0.4, -0.2) is 5.11 Å². The molecule has 2 aromatic carbocycles. The van der Waals surface area contributed by atoms with Crippen molar-refractivity contribution in [1.29, 1.82) is 5.26 Å². The Balaban J connectivity index is 2.28. The molecule has 0 saturated carbocycles. The van der Waals surface area contributed by atoms with Gasteiger partial charge in [-0.1, -0.05) is 42.5 Å². The maximum absolute atomic E-state index is 9.43. The molecule has 3 aromatic rings. The van der Waals surface area contributed by atoms with Gasteiger partial charge in [0.05, 0.1) is 5.00 Å². The standard InChI is InChI=1S/C17H12N2OS/c18-10-14-15(12-6-8-13(20)9-7-12)16(17(19)21-14)11-4-2-1-3-5-11/h1-9,20H,19H2. The Morgan fingerprint density at radius 2 is 1.52 bits per heavy atom. The van der Waals surface area contributed by atoms with E-state index in [9.17, 15) is 10.4 Å². The van der Waals surface area contributed by atoms with E-state index in [1.807, 2.05) is 30.3 Å². The number of nitrogens with two attached hydrogens (primary N) is 1. The number of aromatic hydroxyl groups is 1. The van der Waals surface area contributed by atoms with Crippen LogP contribution in [0.15, 0.2) is 54.6 Å². The van der Waals surface area contributed by atoms with Crippen LogP contribution < -0.4 is 5.73 Å². The number of hydrogen-bond donors (Lipinski definition) is 2. The second-order valence-electron chi connectivity index (χ2n) is 4.57. The van der Waals surface area contributed by atoms with Gasteiger partial charge in [0.2, 0.25) is 0 Å². The van der Waals surface area contributed by atoms with E-state index in [1.165, 1.54) is 11.3 Å². The molecule has 0 radical (unpaired) electrons. The molecule has 0 bridgehead atoms. The Kier molecular flexibility index (Phi) is 3.35. The first kappa shape index (κ1) is 13.2. The monoisotopic (exact) mass is 292 g/mol. The van der Waals surface area contributed by atoms with Crippen molar-refractivity contribution in [2.75, 3.05) is 5.73 Å². The first-order chi connectivity index (χ1) is 10.2. The first-order valence-corrected chi connectivity index (χ1v) is 7.19. The van der Waals surface area contributed by atoms with E-state index in [2.05, 4.69) is 6.07 Å². The molecule has 102 valence electrons. The van der Waals surface area contributed by atoms with E-state index >= 15 is 0 Å². The van der Waals surface area contributed by atoms with Gasteiger partial charge in [-0.3, -0.25) is 0 Å². The predicted molar refractivity (Wildman–Crippen MR) is 86.0 cm³/mol. The van der Waals surface area contributed by atoms with Crippen LogP contribution in [-0.2, 0) is 0 Å². The first-order valence-electron chi connectivity index (χ1n) is 6.38. The number of phenols is 1. The number of thiophene rings is 1. The predicted octanol–water partition coefficient (Wildman–Crippen LogP) is 4.24. The third kappa shape index (κ3) is 2.35. The van der Waals surface area contributed by atoms with Gasteiger partial charge in [-0.25, -0.2) is 0 Å². The number of phenolic OH excluding ortho intramolecular Hbond substituents is 1. The second-order valence-corrected chi connectivity index (χ2v) is 5.62. The van der Waals surface area contributed by atoms with Gasteiger partial charge < -0.3 is 10.8 Å². The molecule has 0 unspecified atom stereocenters. The summed E-state index contributed by atoms with van der Waals surface area (Å²) in [4.78, 5) is 0.581. The van der Waals surface area contributed by atoms with Gasteiger partial charge in [-0.15, -0.1) is 11.3 Å². The fourth-order valence-electron chi connectivity index (χ4n) is 2.32. The van der Waals surface area contributed by atoms with E-state index in [4.69, 9.17) is 5.73 Å². The quantitative estimate of drug-likeness (QED) is 0.742. The Morgan fingerprint density at radius 3 is 2.14 bits per heavy atom. The summed E-state index contributed by atoms with van der Waals surface area (Å²) in [6.45, 7) is 0. The van der Waals surface area contributed by atoms with Crippen LogP contribution in [0.25, 0.3) is 22.3 Å². The molecule has 3 rings (SSSR count). The Hall–Kier alpha value is -2.77. The summed E-state index contributed by atoms with van der Waals surface area (Å²) in [5, 5.41) is 19.4. The van der Waals surface area contributed by atoms with Crippen LogP contribution in [0.5, 0.6) is 5.75 Å². The smallest absolute Gasteiger partial charge is 0.115 e. The molecule has 0 aliphatic heterocycles. The van der Waals surface area contributed by atoms with Gasteiger partial charge in [0.15, 0.2) is 0 Å². The largest absolute Gasteiger partial charge is 0.508 e. The van der Waals surface area contributed by atoms with E-state index < -0.39 is 0 Å². The van der Waals surface area contributed by atoms with Crippen LogP contribution in [0.2, 0.25) is 0 Å². The van der Waals surface area contributed by atoms with Crippen molar-refractivity contribution in [3.05, 3.63) is 59.5 Å². The molecular weight excluding hydrogens is 280 g/mol. The van der Waals surface area contributed by atoms with Crippen molar-refractivity contribution in [3.63, 3.8) is 0 Å². The third-order valence-corrected chi connectivity index (χ3v) is 4.18. The highest BCUT2D eigenvalue weighted by molar-refractivity contribution is 7.17. The number of benzene rings is 2. The molecule has 0 aliphatic rings. The number of hydrogen-bond acceptors (Lipinski definition) is 4. The highest BCUT2D eigenvalue weighted by atomic mass is 32.1. The maximum Gasteiger partial charge on any atom is 0.115 e. The summed E-state index contributed by atoms with van der Waals surface area (Å²) in [6.07, 6.45) is 0. The minimum Gasteiger partial charge on any atom is -0.508 e. The van der Waals surface area contributed by atoms with E-state index in [-0.39, 0.29) is 5.75 Å². The minimum atomic E-state index is 0.196. The van der Waals surface area contributed by atoms with Crippen LogP contribution in [0.1, 0.15) is 4.88 Å². The van der Waals surface area contributed by atoms with E-state index in [0.717, 1.165) is 22.3 Å². The normalized spacial score (nSPS) is 10.2. The topological polar surface area (TPSA) is 70.0 Å². The summed E-state index contributed by atoms with van der Waals surface area (Å²) in [6, 6.07) is 18.8. The number of nitriles is 1. The molecular formula is C17H12N2OS. The van der Waals surface area contributed by atoms with Crippen molar-refractivity contribution in [1.82, 2.24) is 0 Å². The second kappa shape index (κ2) is 5.31. The summed E-state index contributed by atoms with van der Waals surface area (Å²) in [5.41, 5.74) is 9.69. The fraction of sp³-hybridized carbons (Fsp3) is 0. The van der Waals surface area contributed by atoms with Gasteiger partial charge in [-0.2, -0.15) is 5.26 Å². The molecule has 21 heavy (non-hydrogen) atoms. The summed E-state index contributed by atoms with van der Waals surface area (Å²) >= 11 is 1.29. The fourth-order valence-corrected chi connectivity index (χ4v) is 3.23. The average Bonchev–Trinajstić information content (AvgIpc) is 2.85. The lowest BCUT2D eigenvalue weighted by Crippen LogP contribution is -1.87. The number of anilines is 1. The Labute approximate surface area is 126 Å². The molecule has 1 aromatic heterocycles. The van der Waals surface area contributed by atoms with E-state index in [0.29, 0.717) is 9.88 Å². The van der Waals surface area contributed by atoms with Gasteiger partial charge in [0, 0.05) is 11.1 Å². The lowest BCUT2D eigenvalue weighted by molar-refractivity contribution is 0.475. The van der Waals surface area contributed by atoms with Crippen molar-refractivity contribution >= 4 is 16.3 Å². The molecule has 0 fully saturated rings. The van der Waals surface area contributed by atoms with Crippen molar-refractivity contribution in [2.45, 2.75) is 0 Å². The zero-order valence-corrected chi connectivity index (χ0v) is 11.9. The summed E-state index contributed by atoms with van der Waals surface area (Å²) in [5.74, 6) is 0.196. The van der Waals surface area contributed by atoms with Crippen LogP contribution in [0.4, 0.5) is 5.00 Å². The SMILES string of the molecule is N#Cc1sc(N)c(-c2ccccc2)c1-c1ccc(O)cc1. The zero-order chi connectivity index (χ0) is 14.8. The van der Waals surface area contributed by atoms with Gasteiger partial charge in [0.25, 0.3) is 0 Å². The maximum atomic E-state index is 9.43. The third-order valence-electron chi connectivity index (χ3n) is 3.26. The number of nitrogens with zero attached hydrogens (tertiary/aromatic N) is 1. The van der Waals surface area contributed by atoms with Crippen LogP contribution in [0, 0.1) is 11.3 Å². The Morgan fingerprint density at radius 1 is 0.905 bits per heavy atom. The number of nitrogen functional groups attached to an aromatic ring is 1. The highest BCUT2D eigenvalue weighted by Gasteiger charge is 2.19. The van der Waals surface area contributed by atoms with Crippen molar-refractivity contribution in [2.24, 2.45) is 0 Å². The lowest BCUT2D eigenvalue weighted by Gasteiger charge is -2.07. The molecule has 0 atom stereocenters.